The highest BCUT2D eigenvalue weighted by Gasteiger charge is 2.03. The van der Waals surface area contributed by atoms with Crippen LogP contribution in [0.25, 0.3) is 10.2 Å². The summed E-state index contributed by atoms with van der Waals surface area (Å²) in [6, 6.07) is 26.9. The highest BCUT2D eigenvalue weighted by atomic mass is 32.1. The predicted molar refractivity (Wildman–Crippen MR) is 115 cm³/mol. The van der Waals surface area contributed by atoms with Gasteiger partial charge in [-0.2, -0.15) is 5.10 Å². The van der Waals surface area contributed by atoms with Crippen LogP contribution in [-0.4, -0.2) is 17.8 Å². The van der Waals surface area contributed by atoms with Crippen LogP contribution < -0.4 is 9.70 Å². The molecule has 4 rings (SSSR count). The zero-order chi connectivity index (χ0) is 18.6. The predicted octanol–water partition coefficient (Wildman–Crippen LogP) is 4.94. The van der Waals surface area contributed by atoms with Gasteiger partial charge in [0.05, 0.1) is 16.4 Å². The van der Waals surface area contributed by atoms with Gasteiger partial charge in [0, 0.05) is 25.5 Å². The highest BCUT2D eigenvalue weighted by Crippen LogP contribution is 2.23. The molecule has 0 saturated carbocycles. The van der Waals surface area contributed by atoms with Crippen LogP contribution in [0.2, 0.25) is 0 Å². The topological polar surface area (TPSA) is 32.9 Å². The van der Waals surface area contributed by atoms with Crippen molar-refractivity contribution >= 4 is 39.1 Å². The third-order valence-electron chi connectivity index (χ3n) is 4.49. The lowest BCUT2D eigenvalue weighted by Crippen LogP contribution is -2.09. The second-order valence-corrected chi connectivity index (χ2v) is 7.25. The molecule has 1 heterocycles. The molecule has 1 aromatic heterocycles. The van der Waals surface area contributed by atoms with Crippen molar-refractivity contribution < 1.29 is 0 Å². The average Bonchev–Trinajstić information content (AvgIpc) is 3.05. The Morgan fingerprint density at radius 2 is 1.52 bits per heavy atom. The fourth-order valence-electron chi connectivity index (χ4n) is 2.91. The highest BCUT2D eigenvalue weighted by molar-refractivity contribution is 7.16. The molecule has 0 aliphatic carbocycles. The SMILES string of the molecule is CN(c1ccccc1)c1ccc(/C=N\N=c2/sc3ccccc3n2C)cc1. The minimum atomic E-state index is 0.882. The number of hydrogen-bond donors (Lipinski definition) is 0. The molecule has 0 unspecified atom stereocenters. The van der Waals surface area contributed by atoms with E-state index in [4.69, 9.17) is 0 Å². The van der Waals surface area contributed by atoms with Crippen molar-refractivity contribution in [2.24, 2.45) is 17.3 Å². The van der Waals surface area contributed by atoms with E-state index >= 15 is 0 Å². The summed E-state index contributed by atoms with van der Waals surface area (Å²) in [4.78, 5) is 3.04. The first-order valence-corrected chi connectivity index (χ1v) is 9.54. The normalized spacial score (nSPS) is 12.1. The van der Waals surface area contributed by atoms with E-state index in [2.05, 4.69) is 75.2 Å². The quantitative estimate of drug-likeness (QED) is 0.369. The molecular formula is C22H20N4S. The Hall–Kier alpha value is -3.18. The van der Waals surface area contributed by atoms with E-state index in [1.165, 1.54) is 10.2 Å². The number of nitrogens with zero attached hydrogens (tertiary/aromatic N) is 4. The van der Waals surface area contributed by atoms with Crippen molar-refractivity contribution in [3.05, 3.63) is 89.2 Å². The maximum Gasteiger partial charge on any atom is 0.211 e. The molecular weight excluding hydrogens is 352 g/mol. The number of fused-ring (bicyclic) bond motifs is 1. The van der Waals surface area contributed by atoms with Gasteiger partial charge in [-0.25, -0.2) is 0 Å². The Balaban J connectivity index is 1.53. The average molecular weight is 372 g/mol. The van der Waals surface area contributed by atoms with Crippen LogP contribution in [0, 0.1) is 0 Å². The zero-order valence-corrected chi connectivity index (χ0v) is 16.1. The summed E-state index contributed by atoms with van der Waals surface area (Å²) in [6.07, 6.45) is 1.79. The van der Waals surface area contributed by atoms with Gasteiger partial charge in [-0.05, 0) is 42.0 Å². The molecule has 27 heavy (non-hydrogen) atoms. The molecule has 0 radical (unpaired) electrons. The number of aromatic nitrogens is 1. The molecule has 0 saturated heterocycles. The lowest BCUT2D eigenvalue weighted by Gasteiger charge is -2.19. The first-order chi connectivity index (χ1) is 13.2. The Morgan fingerprint density at radius 1 is 0.852 bits per heavy atom. The maximum atomic E-state index is 4.38. The molecule has 4 nitrogen and oxygen atoms in total. The van der Waals surface area contributed by atoms with Crippen molar-refractivity contribution in [1.29, 1.82) is 0 Å². The molecule has 0 aliphatic rings. The Labute approximate surface area is 162 Å². The Morgan fingerprint density at radius 3 is 2.26 bits per heavy atom. The van der Waals surface area contributed by atoms with E-state index in [0.717, 1.165) is 21.7 Å². The number of anilines is 2. The van der Waals surface area contributed by atoms with Gasteiger partial charge in [-0.1, -0.05) is 53.8 Å². The summed E-state index contributed by atoms with van der Waals surface area (Å²) >= 11 is 1.64. The number of rotatable bonds is 4. The summed E-state index contributed by atoms with van der Waals surface area (Å²) in [5.74, 6) is 0. The minimum Gasteiger partial charge on any atom is -0.345 e. The number of hydrogen-bond acceptors (Lipinski definition) is 4. The summed E-state index contributed by atoms with van der Waals surface area (Å²) in [7, 11) is 4.08. The van der Waals surface area contributed by atoms with E-state index in [-0.39, 0.29) is 0 Å². The number of para-hydroxylation sites is 2. The third-order valence-corrected chi connectivity index (χ3v) is 5.59. The lowest BCUT2D eigenvalue weighted by molar-refractivity contribution is 0.889. The van der Waals surface area contributed by atoms with Crippen LogP contribution in [0.5, 0.6) is 0 Å². The molecule has 0 amide bonds. The van der Waals surface area contributed by atoms with Gasteiger partial charge in [-0.3, -0.25) is 0 Å². The summed E-state index contributed by atoms with van der Waals surface area (Å²) < 4.78 is 3.28. The summed E-state index contributed by atoms with van der Waals surface area (Å²) in [5.41, 5.74) is 4.48. The fraction of sp³-hybridized carbons (Fsp3) is 0.0909. The van der Waals surface area contributed by atoms with Crippen molar-refractivity contribution in [1.82, 2.24) is 4.57 Å². The number of aryl methyl sites for hydroxylation is 1. The van der Waals surface area contributed by atoms with Gasteiger partial charge in [0.15, 0.2) is 0 Å². The van der Waals surface area contributed by atoms with Crippen molar-refractivity contribution in [2.45, 2.75) is 0 Å². The standard InChI is InChI=1S/C22H20N4S/c1-25(18-8-4-3-5-9-18)19-14-12-17(13-15-19)16-23-24-22-26(2)20-10-6-7-11-21(20)27-22/h3-16H,1-2H3/b23-16-,24-22-. The molecule has 4 aromatic rings. The Bertz CT molecular complexity index is 1140. The van der Waals surface area contributed by atoms with Crippen LogP contribution in [0.4, 0.5) is 11.4 Å². The van der Waals surface area contributed by atoms with Gasteiger partial charge in [0.25, 0.3) is 0 Å². The van der Waals surface area contributed by atoms with Gasteiger partial charge in [-0.15, -0.1) is 5.10 Å². The molecule has 5 heteroatoms. The van der Waals surface area contributed by atoms with Crippen molar-refractivity contribution in [2.75, 3.05) is 11.9 Å². The van der Waals surface area contributed by atoms with E-state index in [0.29, 0.717) is 0 Å². The van der Waals surface area contributed by atoms with E-state index in [1.54, 1.807) is 17.6 Å². The molecule has 0 aliphatic heterocycles. The largest absolute Gasteiger partial charge is 0.345 e. The zero-order valence-electron chi connectivity index (χ0n) is 15.3. The van der Waals surface area contributed by atoms with Crippen molar-refractivity contribution in [3.8, 4) is 0 Å². The number of thiazole rings is 1. The second-order valence-electron chi connectivity index (χ2n) is 6.24. The molecule has 0 bridgehead atoms. The maximum absolute atomic E-state index is 4.38. The first kappa shape index (κ1) is 17.2. The van der Waals surface area contributed by atoms with Crippen LogP contribution in [0.15, 0.2) is 89.1 Å². The monoisotopic (exact) mass is 372 g/mol. The molecule has 134 valence electrons. The van der Waals surface area contributed by atoms with Gasteiger partial charge >= 0.3 is 0 Å². The minimum absolute atomic E-state index is 0.882. The summed E-state index contributed by atoms with van der Waals surface area (Å²) in [5, 5.41) is 8.66. The molecule has 0 N–H and O–H groups in total. The van der Waals surface area contributed by atoms with Crippen LogP contribution in [0.3, 0.4) is 0 Å². The van der Waals surface area contributed by atoms with Gasteiger partial charge in [0.2, 0.25) is 4.80 Å². The number of benzene rings is 3. The smallest absolute Gasteiger partial charge is 0.211 e. The van der Waals surface area contributed by atoms with Crippen LogP contribution in [0.1, 0.15) is 5.56 Å². The molecule has 0 spiro atoms. The molecule has 0 atom stereocenters. The van der Waals surface area contributed by atoms with E-state index in [1.807, 2.05) is 37.4 Å². The lowest BCUT2D eigenvalue weighted by atomic mass is 10.2. The van der Waals surface area contributed by atoms with Crippen LogP contribution >= 0.6 is 11.3 Å². The van der Waals surface area contributed by atoms with Crippen molar-refractivity contribution in [3.63, 3.8) is 0 Å². The Kier molecular flexibility index (Phi) is 4.85. The van der Waals surface area contributed by atoms with Gasteiger partial charge < -0.3 is 9.47 Å². The van der Waals surface area contributed by atoms with E-state index in [9.17, 15) is 0 Å². The second kappa shape index (κ2) is 7.60. The van der Waals surface area contributed by atoms with E-state index < -0.39 is 0 Å². The molecule has 3 aromatic carbocycles. The fourth-order valence-corrected chi connectivity index (χ4v) is 3.88. The summed E-state index contributed by atoms with van der Waals surface area (Å²) in [6.45, 7) is 0. The first-order valence-electron chi connectivity index (χ1n) is 8.73. The third kappa shape index (κ3) is 3.68. The van der Waals surface area contributed by atoms with Crippen LogP contribution in [-0.2, 0) is 7.05 Å². The molecule has 0 fully saturated rings. The van der Waals surface area contributed by atoms with Gasteiger partial charge in [0.1, 0.15) is 0 Å².